The monoisotopic (exact) mass is 311 g/mol. The number of amides is 2. The van der Waals surface area contributed by atoms with Crippen LogP contribution in [0.3, 0.4) is 0 Å². The van der Waals surface area contributed by atoms with Crippen LogP contribution in [0.15, 0.2) is 48.5 Å². The number of carbonyl (C=O) groups is 2. The zero-order valence-corrected chi connectivity index (χ0v) is 13.3. The van der Waals surface area contributed by atoms with Crippen LogP contribution in [0, 0.1) is 5.92 Å². The molecule has 0 aromatic heterocycles. The highest BCUT2D eigenvalue weighted by Gasteiger charge is 2.08. The van der Waals surface area contributed by atoms with Gasteiger partial charge in [-0.2, -0.15) is 0 Å². The van der Waals surface area contributed by atoms with Gasteiger partial charge in [-0.1, -0.05) is 26.0 Å². The van der Waals surface area contributed by atoms with Gasteiger partial charge in [-0.3, -0.25) is 9.59 Å². The van der Waals surface area contributed by atoms with Crippen molar-refractivity contribution in [3.63, 3.8) is 0 Å². The highest BCUT2D eigenvalue weighted by atomic mass is 16.2. The molecule has 0 aliphatic carbocycles. The fourth-order valence-corrected chi connectivity index (χ4v) is 1.97. The molecular formula is C18H21N3O2. The maximum atomic E-state index is 12.2. The van der Waals surface area contributed by atoms with Crippen LogP contribution in [0.5, 0.6) is 0 Å². The Morgan fingerprint density at radius 1 is 1.00 bits per heavy atom. The zero-order chi connectivity index (χ0) is 16.8. The van der Waals surface area contributed by atoms with Gasteiger partial charge in [0.15, 0.2) is 0 Å². The van der Waals surface area contributed by atoms with Gasteiger partial charge in [0.2, 0.25) is 5.91 Å². The average Bonchev–Trinajstić information content (AvgIpc) is 2.56. The van der Waals surface area contributed by atoms with Gasteiger partial charge in [0, 0.05) is 29.4 Å². The molecule has 2 amide bonds. The van der Waals surface area contributed by atoms with Crippen LogP contribution in [0.25, 0.3) is 0 Å². The van der Waals surface area contributed by atoms with Gasteiger partial charge in [0.05, 0.1) is 0 Å². The number of benzene rings is 2. The lowest BCUT2D eigenvalue weighted by Gasteiger charge is -2.09. The van der Waals surface area contributed by atoms with E-state index in [0.29, 0.717) is 23.5 Å². The van der Waals surface area contributed by atoms with Crippen molar-refractivity contribution in [3.8, 4) is 0 Å². The summed E-state index contributed by atoms with van der Waals surface area (Å²) in [7, 11) is 0. The molecule has 0 bridgehead atoms. The van der Waals surface area contributed by atoms with Gasteiger partial charge in [-0.25, -0.2) is 0 Å². The molecule has 4 N–H and O–H groups in total. The number of carbonyl (C=O) groups excluding carboxylic acids is 2. The van der Waals surface area contributed by atoms with Crippen LogP contribution in [0.4, 0.5) is 11.4 Å². The fourth-order valence-electron chi connectivity index (χ4n) is 1.97. The number of hydrogen-bond donors (Lipinski definition) is 3. The standard InChI is InChI=1S/C18H21N3O2/c1-12(2)17(22)20-15-6-8-16(9-7-15)21-18(23)14-5-3-4-13(10-14)11-19/h3-10,12H,11,19H2,1-2H3,(H,20,22)(H,21,23). The molecule has 0 unspecified atom stereocenters. The Morgan fingerprint density at radius 2 is 1.61 bits per heavy atom. The molecule has 0 fully saturated rings. The topological polar surface area (TPSA) is 84.2 Å². The van der Waals surface area contributed by atoms with Gasteiger partial charge >= 0.3 is 0 Å². The van der Waals surface area contributed by atoms with Gasteiger partial charge in [-0.05, 0) is 42.0 Å². The van der Waals surface area contributed by atoms with E-state index in [9.17, 15) is 9.59 Å². The lowest BCUT2D eigenvalue weighted by molar-refractivity contribution is -0.118. The second-order valence-corrected chi connectivity index (χ2v) is 5.58. The van der Waals surface area contributed by atoms with E-state index in [1.54, 1.807) is 36.4 Å². The summed E-state index contributed by atoms with van der Waals surface area (Å²) in [5, 5.41) is 5.62. The van der Waals surface area contributed by atoms with E-state index in [2.05, 4.69) is 10.6 Å². The third-order valence-electron chi connectivity index (χ3n) is 3.36. The van der Waals surface area contributed by atoms with E-state index in [1.807, 2.05) is 26.0 Å². The van der Waals surface area contributed by atoms with Crippen LogP contribution in [0.1, 0.15) is 29.8 Å². The van der Waals surface area contributed by atoms with Crippen LogP contribution < -0.4 is 16.4 Å². The predicted octanol–water partition coefficient (Wildman–Crippen LogP) is 2.99. The second-order valence-electron chi connectivity index (χ2n) is 5.58. The zero-order valence-electron chi connectivity index (χ0n) is 13.3. The Bertz CT molecular complexity index is 694. The minimum atomic E-state index is -0.195. The molecule has 23 heavy (non-hydrogen) atoms. The predicted molar refractivity (Wildman–Crippen MR) is 92.2 cm³/mol. The lowest BCUT2D eigenvalue weighted by Crippen LogP contribution is -2.17. The van der Waals surface area contributed by atoms with Crippen molar-refractivity contribution in [1.29, 1.82) is 0 Å². The number of anilines is 2. The average molecular weight is 311 g/mol. The van der Waals surface area contributed by atoms with Crippen molar-refractivity contribution in [2.75, 3.05) is 10.6 Å². The Morgan fingerprint density at radius 3 is 2.17 bits per heavy atom. The first-order valence-electron chi connectivity index (χ1n) is 7.51. The molecule has 2 aromatic rings. The van der Waals surface area contributed by atoms with Gasteiger partial charge in [0.25, 0.3) is 5.91 Å². The van der Waals surface area contributed by atoms with E-state index in [1.165, 1.54) is 0 Å². The first kappa shape index (κ1) is 16.7. The summed E-state index contributed by atoms with van der Waals surface area (Å²) in [4.78, 5) is 23.8. The number of rotatable bonds is 5. The quantitative estimate of drug-likeness (QED) is 0.793. The first-order valence-corrected chi connectivity index (χ1v) is 7.51. The summed E-state index contributed by atoms with van der Waals surface area (Å²) in [6, 6.07) is 14.2. The molecule has 5 heteroatoms. The third kappa shape index (κ3) is 4.66. The normalized spacial score (nSPS) is 10.4. The summed E-state index contributed by atoms with van der Waals surface area (Å²) in [5.41, 5.74) is 8.41. The maximum Gasteiger partial charge on any atom is 0.255 e. The number of hydrogen-bond acceptors (Lipinski definition) is 3. The molecule has 0 atom stereocenters. The van der Waals surface area contributed by atoms with Gasteiger partial charge in [0.1, 0.15) is 0 Å². The van der Waals surface area contributed by atoms with Crippen molar-refractivity contribution < 1.29 is 9.59 Å². The molecule has 120 valence electrons. The molecule has 0 spiro atoms. The van der Waals surface area contributed by atoms with E-state index in [0.717, 1.165) is 5.56 Å². The van der Waals surface area contributed by atoms with Crippen molar-refractivity contribution in [3.05, 3.63) is 59.7 Å². The fraction of sp³-hybridized carbons (Fsp3) is 0.222. The number of nitrogens with two attached hydrogens (primary N) is 1. The van der Waals surface area contributed by atoms with Crippen molar-refractivity contribution >= 4 is 23.2 Å². The Balaban J connectivity index is 2.02. The summed E-state index contributed by atoms with van der Waals surface area (Å²) in [6.07, 6.45) is 0. The molecule has 0 radical (unpaired) electrons. The molecule has 2 rings (SSSR count). The largest absolute Gasteiger partial charge is 0.326 e. The smallest absolute Gasteiger partial charge is 0.255 e. The first-order chi connectivity index (χ1) is 11.0. The summed E-state index contributed by atoms with van der Waals surface area (Å²) < 4.78 is 0. The molecule has 0 heterocycles. The molecule has 0 aliphatic heterocycles. The maximum absolute atomic E-state index is 12.2. The summed E-state index contributed by atoms with van der Waals surface area (Å²) in [6.45, 7) is 4.06. The molecule has 0 saturated carbocycles. The summed E-state index contributed by atoms with van der Waals surface area (Å²) in [5.74, 6) is -0.316. The van der Waals surface area contributed by atoms with Crippen LogP contribution >= 0.6 is 0 Å². The minimum Gasteiger partial charge on any atom is -0.326 e. The van der Waals surface area contributed by atoms with Gasteiger partial charge < -0.3 is 16.4 Å². The Hall–Kier alpha value is -2.66. The van der Waals surface area contributed by atoms with Crippen molar-refractivity contribution in [2.45, 2.75) is 20.4 Å². The molecule has 0 aliphatic rings. The van der Waals surface area contributed by atoms with E-state index < -0.39 is 0 Å². The molecule has 5 nitrogen and oxygen atoms in total. The van der Waals surface area contributed by atoms with E-state index >= 15 is 0 Å². The highest BCUT2D eigenvalue weighted by molar-refractivity contribution is 6.04. The van der Waals surface area contributed by atoms with Crippen LogP contribution in [-0.4, -0.2) is 11.8 Å². The Labute approximate surface area is 135 Å². The van der Waals surface area contributed by atoms with Crippen LogP contribution in [-0.2, 0) is 11.3 Å². The van der Waals surface area contributed by atoms with Crippen molar-refractivity contribution in [2.24, 2.45) is 11.7 Å². The minimum absolute atomic E-state index is 0.0413. The molecule has 2 aromatic carbocycles. The van der Waals surface area contributed by atoms with Gasteiger partial charge in [-0.15, -0.1) is 0 Å². The molecule has 0 saturated heterocycles. The SMILES string of the molecule is CC(C)C(=O)Nc1ccc(NC(=O)c2cccc(CN)c2)cc1. The van der Waals surface area contributed by atoms with Crippen molar-refractivity contribution in [1.82, 2.24) is 0 Å². The third-order valence-corrected chi connectivity index (χ3v) is 3.36. The second kappa shape index (κ2) is 7.56. The Kier molecular flexibility index (Phi) is 5.49. The van der Waals surface area contributed by atoms with Crippen LogP contribution in [0.2, 0.25) is 0 Å². The summed E-state index contributed by atoms with van der Waals surface area (Å²) >= 11 is 0. The molecular weight excluding hydrogens is 290 g/mol. The lowest BCUT2D eigenvalue weighted by atomic mass is 10.1. The highest BCUT2D eigenvalue weighted by Crippen LogP contribution is 2.16. The van der Waals surface area contributed by atoms with E-state index in [4.69, 9.17) is 5.73 Å². The number of nitrogens with one attached hydrogen (secondary N) is 2. The van der Waals surface area contributed by atoms with E-state index in [-0.39, 0.29) is 17.7 Å².